The molecule has 4 nitrogen and oxygen atoms in total. The second-order valence-corrected chi connectivity index (χ2v) is 7.57. The van der Waals surface area contributed by atoms with Gasteiger partial charge in [0, 0.05) is 5.56 Å². The van der Waals surface area contributed by atoms with Crippen molar-refractivity contribution in [2.75, 3.05) is 0 Å². The van der Waals surface area contributed by atoms with Gasteiger partial charge in [0.15, 0.2) is 0 Å². The minimum Gasteiger partial charge on any atom is -0.346 e. The Hall–Kier alpha value is -2.49. The molecule has 2 aromatic carbocycles. The average Bonchev–Trinajstić information content (AvgIpc) is 2.61. The first-order chi connectivity index (χ1) is 12.4. The fourth-order valence-electron chi connectivity index (χ4n) is 2.25. The minimum absolute atomic E-state index is 0.0259. The molecule has 0 saturated carbocycles. The topological polar surface area (TPSA) is 63.2 Å². The lowest BCUT2D eigenvalue weighted by Crippen LogP contribution is -2.27. The number of benzene rings is 2. The standard InChI is InChI=1S/C17H14F5NO3S/c1-10(12-3-2-4-13(9-12)17(20,21)22)23-15(24)11-5-7-14(8-6-11)27(25,26)16(18)19/h2-10,16H,1H3,(H,23,24). The highest BCUT2D eigenvalue weighted by Crippen LogP contribution is 2.30. The number of carbonyl (C=O) groups is 1. The molecule has 2 aromatic rings. The maximum absolute atomic E-state index is 12.8. The molecule has 0 aliphatic heterocycles. The predicted molar refractivity (Wildman–Crippen MR) is 87.0 cm³/mol. The van der Waals surface area contributed by atoms with E-state index < -0.39 is 44.2 Å². The summed E-state index contributed by atoms with van der Waals surface area (Å²) in [7, 11) is -4.78. The third kappa shape index (κ3) is 4.82. The quantitative estimate of drug-likeness (QED) is 0.756. The number of rotatable bonds is 5. The van der Waals surface area contributed by atoms with Crippen molar-refractivity contribution in [3.8, 4) is 0 Å². The van der Waals surface area contributed by atoms with Crippen molar-refractivity contribution in [2.45, 2.75) is 29.8 Å². The van der Waals surface area contributed by atoms with Gasteiger partial charge in [0.2, 0.25) is 9.84 Å². The summed E-state index contributed by atoms with van der Waals surface area (Å²) in [5, 5.41) is 2.47. The van der Waals surface area contributed by atoms with Crippen molar-refractivity contribution >= 4 is 15.7 Å². The molecule has 0 aromatic heterocycles. The van der Waals surface area contributed by atoms with Crippen molar-refractivity contribution in [1.29, 1.82) is 0 Å². The van der Waals surface area contributed by atoms with E-state index in [0.717, 1.165) is 36.4 Å². The maximum Gasteiger partial charge on any atom is 0.416 e. The van der Waals surface area contributed by atoms with Crippen LogP contribution in [-0.2, 0) is 16.0 Å². The highest BCUT2D eigenvalue weighted by molar-refractivity contribution is 7.91. The van der Waals surface area contributed by atoms with Gasteiger partial charge in [0.1, 0.15) is 0 Å². The van der Waals surface area contributed by atoms with Crippen LogP contribution in [0, 0.1) is 0 Å². The van der Waals surface area contributed by atoms with Crippen molar-refractivity contribution < 1.29 is 35.2 Å². The molecule has 1 amide bonds. The van der Waals surface area contributed by atoms with Crippen LogP contribution in [0.3, 0.4) is 0 Å². The van der Waals surface area contributed by atoms with E-state index in [1.165, 1.54) is 19.1 Å². The van der Waals surface area contributed by atoms with Crippen LogP contribution in [0.2, 0.25) is 0 Å². The number of halogens is 5. The lowest BCUT2D eigenvalue weighted by molar-refractivity contribution is -0.137. The first kappa shape index (κ1) is 20.8. The van der Waals surface area contributed by atoms with Crippen LogP contribution in [0.15, 0.2) is 53.4 Å². The van der Waals surface area contributed by atoms with E-state index in [0.29, 0.717) is 0 Å². The zero-order valence-electron chi connectivity index (χ0n) is 13.8. The van der Waals surface area contributed by atoms with Gasteiger partial charge in [-0.1, -0.05) is 12.1 Å². The molecule has 0 bridgehead atoms. The third-order valence-corrected chi connectivity index (χ3v) is 5.14. The van der Waals surface area contributed by atoms with E-state index >= 15 is 0 Å². The Bertz CT molecular complexity index is 924. The summed E-state index contributed by atoms with van der Waals surface area (Å²) in [6, 6.07) is 7.49. The van der Waals surface area contributed by atoms with Gasteiger partial charge >= 0.3 is 11.9 Å². The molecule has 0 saturated heterocycles. The molecular weight excluding hydrogens is 393 g/mol. The van der Waals surface area contributed by atoms with Gasteiger partial charge in [-0.3, -0.25) is 4.79 Å². The smallest absolute Gasteiger partial charge is 0.346 e. The third-order valence-electron chi connectivity index (χ3n) is 3.74. The van der Waals surface area contributed by atoms with Gasteiger partial charge in [0.25, 0.3) is 5.91 Å². The highest BCUT2D eigenvalue weighted by atomic mass is 32.2. The summed E-state index contributed by atoms with van der Waals surface area (Å²) in [5.41, 5.74) is -0.667. The number of amides is 1. The fourth-order valence-corrected chi connectivity index (χ4v) is 2.97. The van der Waals surface area contributed by atoms with Crippen LogP contribution in [-0.4, -0.2) is 20.1 Å². The van der Waals surface area contributed by atoms with E-state index in [9.17, 15) is 35.2 Å². The van der Waals surface area contributed by atoms with Crippen molar-refractivity contribution in [1.82, 2.24) is 5.32 Å². The predicted octanol–water partition coefficient (Wildman–Crippen LogP) is 4.19. The molecular formula is C17H14F5NO3S. The molecule has 0 aliphatic rings. The zero-order valence-corrected chi connectivity index (χ0v) is 14.6. The molecule has 10 heteroatoms. The summed E-state index contributed by atoms with van der Waals surface area (Å²) < 4.78 is 85.9. The van der Waals surface area contributed by atoms with E-state index in [1.54, 1.807) is 0 Å². The van der Waals surface area contributed by atoms with Crippen molar-refractivity contribution in [2.24, 2.45) is 0 Å². The summed E-state index contributed by atoms with van der Waals surface area (Å²) in [5.74, 6) is -4.28. The molecule has 1 unspecified atom stereocenters. The van der Waals surface area contributed by atoms with Crippen molar-refractivity contribution in [3.05, 3.63) is 65.2 Å². The summed E-state index contributed by atoms with van der Waals surface area (Å²) >= 11 is 0. The first-order valence-electron chi connectivity index (χ1n) is 7.53. The Balaban J connectivity index is 2.16. The number of sulfone groups is 1. The molecule has 27 heavy (non-hydrogen) atoms. The monoisotopic (exact) mass is 407 g/mol. The normalized spacial score (nSPS) is 13.4. The Kier molecular flexibility index (Phi) is 5.88. The molecule has 0 radical (unpaired) electrons. The lowest BCUT2D eigenvalue weighted by atomic mass is 10.0. The van der Waals surface area contributed by atoms with Crippen LogP contribution in [0.25, 0.3) is 0 Å². The van der Waals surface area contributed by atoms with Gasteiger partial charge in [0.05, 0.1) is 16.5 Å². The zero-order chi connectivity index (χ0) is 20.4. The molecule has 1 atom stereocenters. The highest BCUT2D eigenvalue weighted by Gasteiger charge is 2.31. The van der Waals surface area contributed by atoms with E-state index in [2.05, 4.69) is 5.32 Å². The van der Waals surface area contributed by atoms with Gasteiger partial charge in [-0.25, -0.2) is 8.42 Å². The second-order valence-electron chi connectivity index (χ2n) is 5.65. The summed E-state index contributed by atoms with van der Waals surface area (Å²) in [4.78, 5) is 11.5. The maximum atomic E-state index is 12.8. The molecule has 2 rings (SSSR count). The van der Waals surface area contributed by atoms with Gasteiger partial charge in [-0.15, -0.1) is 0 Å². The molecule has 1 N–H and O–H groups in total. The Morgan fingerprint density at radius 3 is 2.15 bits per heavy atom. The minimum atomic E-state index is -4.78. The molecule has 0 aliphatic carbocycles. The number of carbonyl (C=O) groups excluding carboxylic acids is 1. The van der Waals surface area contributed by atoms with Crippen LogP contribution in [0.4, 0.5) is 22.0 Å². The first-order valence-corrected chi connectivity index (χ1v) is 9.07. The lowest BCUT2D eigenvalue weighted by Gasteiger charge is -2.16. The van der Waals surface area contributed by atoms with Crippen LogP contribution in [0.5, 0.6) is 0 Å². The fraction of sp³-hybridized carbons (Fsp3) is 0.235. The second kappa shape index (κ2) is 7.63. The Labute approximate surface area is 151 Å². The van der Waals surface area contributed by atoms with Crippen LogP contribution >= 0.6 is 0 Å². The number of nitrogens with one attached hydrogen (secondary N) is 1. The SMILES string of the molecule is CC(NC(=O)c1ccc(S(=O)(=O)C(F)F)cc1)c1cccc(C(F)(F)F)c1. The molecule has 0 fully saturated rings. The summed E-state index contributed by atoms with van der Waals surface area (Å²) in [6.07, 6.45) is -4.52. The Morgan fingerprint density at radius 1 is 1.04 bits per heavy atom. The van der Waals surface area contributed by atoms with E-state index in [1.807, 2.05) is 0 Å². The van der Waals surface area contributed by atoms with Gasteiger partial charge in [-0.05, 0) is 48.9 Å². The van der Waals surface area contributed by atoms with E-state index in [-0.39, 0.29) is 11.1 Å². The summed E-state index contributed by atoms with van der Waals surface area (Å²) in [6.45, 7) is 1.48. The van der Waals surface area contributed by atoms with Gasteiger partial charge < -0.3 is 5.32 Å². The largest absolute Gasteiger partial charge is 0.416 e. The number of hydrogen-bond donors (Lipinski definition) is 1. The van der Waals surface area contributed by atoms with Crippen molar-refractivity contribution in [3.63, 3.8) is 0 Å². The van der Waals surface area contributed by atoms with Gasteiger partial charge in [-0.2, -0.15) is 22.0 Å². The van der Waals surface area contributed by atoms with Crippen LogP contribution in [0.1, 0.15) is 34.5 Å². The average molecular weight is 407 g/mol. The Morgan fingerprint density at radius 2 is 1.63 bits per heavy atom. The molecule has 0 heterocycles. The number of hydrogen-bond acceptors (Lipinski definition) is 3. The number of alkyl halides is 5. The molecule has 146 valence electrons. The van der Waals surface area contributed by atoms with Crippen LogP contribution < -0.4 is 5.32 Å². The van der Waals surface area contributed by atoms with E-state index in [4.69, 9.17) is 0 Å². The molecule has 0 spiro atoms.